The van der Waals surface area contributed by atoms with Crippen LogP contribution in [-0.4, -0.2) is 39.6 Å². The topological polar surface area (TPSA) is 99.6 Å². The number of hydrogen-bond acceptors (Lipinski definition) is 6. The Labute approximate surface area is 123 Å². The Bertz CT molecular complexity index is 560. The van der Waals surface area contributed by atoms with Gasteiger partial charge in [-0.25, -0.2) is 4.79 Å². The first kappa shape index (κ1) is 15.9. The summed E-state index contributed by atoms with van der Waals surface area (Å²) in [6.07, 6.45) is 1.60. The van der Waals surface area contributed by atoms with Crippen molar-refractivity contribution in [2.24, 2.45) is 0 Å². The van der Waals surface area contributed by atoms with Crippen molar-refractivity contribution in [2.75, 3.05) is 18.9 Å². The zero-order valence-electron chi connectivity index (χ0n) is 12.7. The van der Waals surface area contributed by atoms with Crippen LogP contribution in [0.4, 0.5) is 5.82 Å². The molecule has 3 N–H and O–H groups in total. The number of aliphatic hydroxyl groups is 1. The molecule has 1 aromatic heterocycles. The van der Waals surface area contributed by atoms with E-state index in [0.717, 1.165) is 0 Å². The fourth-order valence-electron chi connectivity index (χ4n) is 2.63. The van der Waals surface area contributed by atoms with Crippen LogP contribution in [0.2, 0.25) is 0 Å². The lowest BCUT2D eigenvalue weighted by Crippen LogP contribution is -2.52. The number of nitrogens with two attached hydrogens (primary N) is 1. The number of nitrogens with zero attached hydrogens (tertiary/aromatic N) is 2. The van der Waals surface area contributed by atoms with Crippen LogP contribution in [0.15, 0.2) is 11.0 Å². The molecular formula is C14H23N3O4. The molecule has 0 saturated carbocycles. The zero-order valence-corrected chi connectivity index (χ0v) is 12.7. The Morgan fingerprint density at radius 3 is 3.05 bits per heavy atom. The normalized spacial score (nSPS) is 27.5. The highest BCUT2D eigenvalue weighted by atomic mass is 16.6. The molecule has 0 bridgehead atoms. The SMILES string of the molecule is CC[C@]1(OC(C)n2cc(C)c(N)nc2=O)CCOCC1O. The van der Waals surface area contributed by atoms with Gasteiger partial charge in [-0.2, -0.15) is 4.98 Å². The van der Waals surface area contributed by atoms with E-state index in [2.05, 4.69) is 4.98 Å². The van der Waals surface area contributed by atoms with Crippen LogP contribution in [0.25, 0.3) is 0 Å². The van der Waals surface area contributed by atoms with E-state index in [-0.39, 0.29) is 12.4 Å². The number of anilines is 1. The summed E-state index contributed by atoms with van der Waals surface area (Å²) in [7, 11) is 0. The summed E-state index contributed by atoms with van der Waals surface area (Å²) in [6.45, 7) is 6.28. The standard InChI is InChI=1S/C14H23N3O4/c1-4-14(5-6-20-8-11(14)18)21-10(3)17-7-9(2)12(15)16-13(17)19/h7,10-11,18H,4-6,8H2,1-3H3,(H2,15,16,19)/t10?,11?,14-/m0/s1. The molecule has 2 rings (SSSR count). The summed E-state index contributed by atoms with van der Waals surface area (Å²) in [4.78, 5) is 15.7. The van der Waals surface area contributed by atoms with Gasteiger partial charge in [-0.3, -0.25) is 4.57 Å². The van der Waals surface area contributed by atoms with E-state index in [0.29, 0.717) is 25.0 Å². The van der Waals surface area contributed by atoms with E-state index < -0.39 is 23.6 Å². The first-order valence-corrected chi connectivity index (χ1v) is 7.18. The van der Waals surface area contributed by atoms with Crippen molar-refractivity contribution in [3.05, 3.63) is 22.2 Å². The third kappa shape index (κ3) is 3.09. The molecule has 1 saturated heterocycles. The van der Waals surface area contributed by atoms with Gasteiger partial charge in [-0.1, -0.05) is 6.92 Å². The molecule has 21 heavy (non-hydrogen) atoms. The number of aryl methyl sites for hydroxylation is 1. The molecule has 1 aliphatic rings. The van der Waals surface area contributed by atoms with Crippen LogP contribution < -0.4 is 11.4 Å². The summed E-state index contributed by atoms with van der Waals surface area (Å²) in [5, 5.41) is 10.2. The molecule has 1 aliphatic heterocycles. The Morgan fingerprint density at radius 1 is 1.71 bits per heavy atom. The molecule has 7 heteroatoms. The van der Waals surface area contributed by atoms with Gasteiger partial charge in [0.25, 0.3) is 0 Å². The Morgan fingerprint density at radius 2 is 2.43 bits per heavy atom. The van der Waals surface area contributed by atoms with Gasteiger partial charge in [-0.15, -0.1) is 0 Å². The minimum absolute atomic E-state index is 0.222. The van der Waals surface area contributed by atoms with Crippen LogP contribution in [0.5, 0.6) is 0 Å². The largest absolute Gasteiger partial charge is 0.388 e. The number of aliphatic hydroxyl groups excluding tert-OH is 1. The summed E-state index contributed by atoms with van der Waals surface area (Å²) >= 11 is 0. The second-order valence-electron chi connectivity index (χ2n) is 5.48. The first-order valence-electron chi connectivity index (χ1n) is 7.18. The molecule has 118 valence electrons. The summed E-state index contributed by atoms with van der Waals surface area (Å²) in [6, 6.07) is 0. The monoisotopic (exact) mass is 297 g/mol. The van der Waals surface area contributed by atoms with Crippen molar-refractivity contribution in [3.8, 4) is 0 Å². The molecule has 0 spiro atoms. The molecular weight excluding hydrogens is 274 g/mol. The van der Waals surface area contributed by atoms with Crippen molar-refractivity contribution in [3.63, 3.8) is 0 Å². The van der Waals surface area contributed by atoms with Crippen LogP contribution in [0, 0.1) is 6.92 Å². The van der Waals surface area contributed by atoms with Crippen LogP contribution in [-0.2, 0) is 9.47 Å². The number of hydrogen-bond donors (Lipinski definition) is 2. The summed E-state index contributed by atoms with van der Waals surface area (Å²) in [5.41, 5.74) is 5.18. The van der Waals surface area contributed by atoms with Crippen molar-refractivity contribution >= 4 is 5.82 Å². The molecule has 3 atom stereocenters. The quantitative estimate of drug-likeness (QED) is 0.844. The molecule has 1 aromatic rings. The number of ether oxygens (including phenoxy) is 2. The van der Waals surface area contributed by atoms with Gasteiger partial charge in [0.1, 0.15) is 23.8 Å². The fraction of sp³-hybridized carbons (Fsp3) is 0.714. The van der Waals surface area contributed by atoms with E-state index in [9.17, 15) is 9.90 Å². The molecule has 7 nitrogen and oxygen atoms in total. The minimum Gasteiger partial charge on any atom is -0.388 e. The average molecular weight is 297 g/mol. The predicted molar refractivity (Wildman–Crippen MR) is 77.9 cm³/mol. The molecule has 0 amide bonds. The third-order valence-corrected chi connectivity index (χ3v) is 4.12. The maximum Gasteiger partial charge on any atom is 0.351 e. The predicted octanol–water partition coefficient (Wildman–Crippen LogP) is 0.599. The second kappa shape index (κ2) is 6.13. The van der Waals surface area contributed by atoms with Gasteiger partial charge in [-0.05, 0) is 20.3 Å². The Hall–Kier alpha value is -1.44. The number of aromatic nitrogens is 2. The average Bonchev–Trinajstić information content (AvgIpc) is 2.45. The molecule has 2 unspecified atom stereocenters. The van der Waals surface area contributed by atoms with Gasteiger partial charge < -0.3 is 20.3 Å². The van der Waals surface area contributed by atoms with Gasteiger partial charge in [0, 0.05) is 24.8 Å². The highest BCUT2D eigenvalue weighted by Crippen LogP contribution is 2.32. The van der Waals surface area contributed by atoms with Crippen LogP contribution in [0.3, 0.4) is 0 Å². The lowest BCUT2D eigenvalue weighted by molar-refractivity contribution is -0.218. The van der Waals surface area contributed by atoms with E-state index in [1.807, 2.05) is 6.92 Å². The van der Waals surface area contributed by atoms with E-state index >= 15 is 0 Å². The maximum atomic E-state index is 12.0. The van der Waals surface area contributed by atoms with E-state index in [1.54, 1.807) is 20.0 Å². The smallest absolute Gasteiger partial charge is 0.351 e. The van der Waals surface area contributed by atoms with Gasteiger partial charge in [0.2, 0.25) is 0 Å². The highest BCUT2D eigenvalue weighted by Gasteiger charge is 2.41. The molecule has 0 aliphatic carbocycles. The van der Waals surface area contributed by atoms with Crippen molar-refractivity contribution in [1.82, 2.24) is 9.55 Å². The maximum absolute atomic E-state index is 12.0. The van der Waals surface area contributed by atoms with Crippen LogP contribution in [0.1, 0.15) is 38.5 Å². The van der Waals surface area contributed by atoms with Crippen LogP contribution >= 0.6 is 0 Å². The fourth-order valence-corrected chi connectivity index (χ4v) is 2.63. The Kier molecular flexibility index (Phi) is 4.65. The second-order valence-corrected chi connectivity index (χ2v) is 5.48. The van der Waals surface area contributed by atoms with Gasteiger partial charge in [0.05, 0.1) is 6.61 Å². The Balaban J connectivity index is 2.26. The van der Waals surface area contributed by atoms with Gasteiger partial charge in [0.15, 0.2) is 0 Å². The molecule has 2 heterocycles. The zero-order chi connectivity index (χ0) is 15.6. The lowest BCUT2D eigenvalue weighted by Gasteiger charge is -2.42. The summed E-state index contributed by atoms with van der Waals surface area (Å²) < 4.78 is 12.7. The third-order valence-electron chi connectivity index (χ3n) is 4.12. The molecule has 0 radical (unpaired) electrons. The van der Waals surface area contributed by atoms with E-state index in [1.165, 1.54) is 4.57 Å². The number of rotatable bonds is 4. The van der Waals surface area contributed by atoms with Crippen molar-refractivity contribution in [2.45, 2.75) is 51.5 Å². The molecule has 0 aromatic carbocycles. The van der Waals surface area contributed by atoms with Gasteiger partial charge >= 0.3 is 5.69 Å². The highest BCUT2D eigenvalue weighted by molar-refractivity contribution is 5.35. The van der Waals surface area contributed by atoms with Crippen molar-refractivity contribution in [1.29, 1.82) is 0 Å². The lowest BCUT2D eigenvalue weighted by atomic mass is 9.88. The summed E-state index contributed by atoms with van der Waals surface area (Å²) in [5.74, 6) is 0.222. The molecule has 1 fully saturated rings. The first-order chi connectivity index (χ1) is 9.89. The minimum atomic E-state index is -0.711. The van der Waals surface area contributed by atoms with E-state index in [4.69, 9.17) is 15.2 Å². The van der Waals surface area contributed by atoms with Crippen molar-refractivity contribution < 1.29 is 14.6 Å². The number of nitrogen functional groups attached to an aromatic ring is 1.